The Hall–Kier alpha value is -3.02. The second kappa shape index (κ2) is 8.19. The van der Waals surface area contributed by atoms with Gasteiger partial charge < -0.3 is 9.47 Å². The van der Waals surface area contributed by atoms with Crippen LogP contribution in [0.5, 0.6) is 11.5 Å². The van der Waals surface area contributed by atoms with Gasteiger partial charge in [-0.25, -0.2) is 4.39 Å². The van der Waals surface area contributed by atoms with Crippen LogP contribution in [0.2, 0.25) is 0 Å². The van der Waals surface area contributed by atoms with E-state index in [4.69, 9.17) is 9.47 Å². The van der Waals surface area contributed by atoms with Crippen LogP contribution < -0.4 is 9.47 Å². The molecule has 0 unspecified atom stereocenters. The standard InChI is InChI=1S/C19H17FO5/c1-24-16-7-13(8-17(11-16)25-2)19(23)10-15(21)9-18(22)12-3-5-14(20)6-4-12/h3-8,11H,9-10H2,1-2H3. The Kier molecular flexibility index (Phi) is 6.00. The van der Waals surface area contributed by atoms with Crippen molar-refractivity contribution in [2.45, 2.75) is 12.8 Å². The van der Waals surface area contributed by atoms with E-state index in [0.29, 0.717) is 11.5 Å². The minimum Gasteiger partial charge on any atom is -0.497 e. The number of carbonyl (C=O) groups is 3. The molecule has 0 spiro atoms. The van der Waals surface area contributed by atoms with E-state index in [1.54, 1.807) is 6.07 Å². The molecule has 2 aromatic carbocycles. The van der Waals surface area contributed by atoms with E-state index in [2.05, 4.69) is 0 Å². The van der Waals surface area contributed by atoms with Crippen LogP contribution in [0.15, 0.2) is 42.5 Å². The molecule has 0 N–H and O–H groups in total. The zero-order valence-corrected chi connectivity index (χ0v) is 13.9. The highest BCUT2D eigenvalue weighted by atomic mass is 19.1. The molecule has 0 bridgehead atoms. The van der Waals surface area contributed by atoms with Crippen molar-refractivity contribution in [2.24, 2.45) is 0 Å². The number of halogens is 1. The third kappa shape index (κ3) is 4.97. The first-order chi connectivity index (χ1) is 11.9. The van der Waals surface area contributed by atoms with Crippen molar-refractivity contribution in [3.63, 3.8) is 0 Å². The van der Waals surface area contributed by atoms with Gasteiger partial charge in [0, 0.05) is 17.2 Å². The molecule has 0 saturated carbocycles. The average molecular weight is 344 g/mol. The summed E-state index contributed by atoms with van der Waals surface area (Å²) in [6.07, 6.45) is -0.832. The quantitative estimate of drug-likeness (QED) is 0.543. The van der Waals surface area contributed by atoms with Crippen molar-refractivity contribution >= 4 is 17.3 Å². The Morgan fingerprint density at radius 1 is 0.800 bits per heavy atom. The average Bonchev–Trinajstić information content (AvgIpc) is 2.61. The van der Waals surface area contributed by atoms with Gasteiger partial charge in [0.25, 0.3) is 0 Å². The van der Waals surface area contributed by atoms with E-state index in [1.165, 1.54) is 38.5 Å². The van der Waals surface area contributed by atoms with Gasteiger partial charge in [0.05, 0.1) is 27.1 Å². The lowest BCUT2D eigenvalue weighted by molar-refractivity contribution is -0.117. The fourth-order valence-corrected chi connectivity index (χ4v) is 2.23. The smallest absolute Gasteiger partial charge is 0.170 e. The lowest BCUT2D eigenvalue weighted by Gasteiger charge is -2.07. The normalized spacial score (nSPS) is 10.2. The van der Waals surface area contributed by atoms with E-state index >= 15 is 0 Å². The molecule has 0 aliphatic heterocycles. The molecule has 2 rings (SSSR count). The Bertz CT molecular complexity index is 774. The first-order valence-electron chi connectivity index (χ1n) is 7.49. The lowest BCUT2D eigenvalue weighted by atomic mass is 10.00. The van der Waals surface area contributed by atoms with Crippen molar-refractivity contribution in [3.05, 3.63) is 59.4 Å². The number of rotatable bonds is 8. The summed E-state index contributed by atoms with van der Waals surface area (Å²) in [5.74, 6) is -1.02. The summed E-state index contributed by atoms with van der Waals surface area (Å²) in [4.78, 5) is 36.3. The molecule has 0 heterocycles. The van der Waals surface area contributed by atoms with E-state index < -0.39 is 36.0 Å². The number of carbonyl (C=O) groups excluding carboxylic acids is 3. The highest BCUT2D eigenvalue weighted by Gasteiger charge is 2.18. The van der Waals surface area contributed by atoms with Crippen LogP contribution in [0.4, 0.5) is 4.39 Å². The molecule has 2 aromatic rings. The van der Waals surface area contributed by atoms with E-state index in [-0.39, 0.29) is 11.1 Å². The van der Waals surface area contributed by atoms with Gasteiger partial charge in [0.2, 0.25) is 0 Å². The van der Waals surface area contributed by atoms with Gasteiger partial charge in [-0.15, -0.1) is 0 Å². The van der Waals surface area contributed by atoms with Crippen LogP contribution >= 0.6 is 0 Å². The van der Waals surface area contributed by atoms with Gasteiger partial charge in [0.15, 0.2) is 11.6 Å². The maximum atomic E-state index is 12.9. The predicted octanol–water partition coefficient (Wildman–Crippen LogP) is 3.26. The Labute approximate surface area is 144 Å². The summed E-state index contributed by atoms with van der Waals surface area (Å²) in [6, 6.07) is 9.51. The predicted molar refractivity (Wildman–Crippen MR) is 88.8 cm³/mol. The second-order valence-corrected chi connectivity index (χ2v) is 5.35. The van der Waals surface area contributed by atoms with Crippen LogP contribution in [0.25, 0.3) is 0 Å². The van der Waals surface area contributed by atoms with Gasteiger partial charge in [-0.3, -0.25) is 14.4 Å². The van der Waals surface area contributed by atoms with Crippen LogP contribution in [0, 0.1) is 5.82 Å². The maximum absolute atomic E-state index is 12.9. The SMILES string of the molecule is COc1cc(OC)cc(C(=O)CC(=O)CC(=O)c2ccc(F)cc2)c1. The highest BCUT2D eigenvalue weighted by molar-refractivity contribution is 6.15. The van der Waals surface area contributed by atoms with Crippen molar-refractivity contribution in [2.75, 3.05) is 14.2 Å². The summed E-state index contributed by atoms with van der Waals surface area (Å²) in [5.41, 5.74) is 0.490. The topological polar surface area (TPSA) is 69.7 Å². The van der Waals surface area contributed by atoms with Gasteiger partial charge in [-0.05, 0) is 36.4 Å². The van der Waals surface area contributed by atoms with E-state index in [1.807, 2.05) is 0 Å². The van der Waals surface area contributed by atoms with Gasteiger partial charge >= 0.3 is 0 Å². The van der Waals surface area contributed by atoms with E-state index in [9.17, 15) is 18.8 Å². The van der Waals surface area contributed by atoms with Crippen LogP contribution in [0.1, 0.15) is 33.6 Å². The monoisotopic (exact) mass is 344 g/mol. The molecule has 0 aliphatic rings. The molecule has 0 aromatic heterocycles. The van der Waals surface area contributed by atoms with Crippen LogP contribution in [-0.4, -0.2) is 31.6 Å². The number of hydrogen-bond acceptors (Lipinski definition) is 5. The molecule has 6 heteroatoms. The fraction of sp³-hybridized carbons (Fsp3) is 0.211. The molecule has 5 nitrogen and oxygen atoms in total. The van der Waals surface area contributed by atoms with Crippen molar-refractivity contribution in [3.8, 4) is 11.5 Å². The van der Waals surface area contributed by atoms with Crippen LogP contribution in [-0.2, 0) is 4.79 Å². The van der Waals surface area contributed by atoms with Crippen molar-refractivity contribution in [1.29, 1.82) is 0 Å². The molecule has 25 heavy (non-hydrogen) atoms. The lowest BCUT2D eigenvalue weighted by Crippen LogP contribution is -2.13. The number of benzene rings is 2. The molecular weight excluding hydrogens is 327 g/mol. The van der Waals surface area contributed by atoms with Gasteiger partial charge in [-0.1, -0.05) is 0 Å². The number of ketones is 3. The van der Waals surface area contributed by atoms with Crippen molar-refractivity contribution < 1.29 is 28.2 Å². The maximum Gasteiger partial charge on any atom is 0.170 e. The number of ether oxygens (including phenoxy) is 2. The van der Waals surface area contributed by atoms with Crippen LogP contribution in [0.3, 0.4) is 0 Å². The molecule has 0 fully saturated rings. The largest absolute Gasteiger partial charge is 0.497 e. The zero-order valence-electron chi connectivity index (χ0n) is 13.9. The number of hydrogen-bond donors (Lipinski definition) is 0. The zero-order chi connectivity index (χ0) is 18.4. The van der Waals surface area contributed by atoms with Crippen molar-refractivity contribution in [1.82, 2.24) is 0 Å². The second-order valence-electron chi connectivity index (χ2n) is 5.35. The Morgan fingerprint density at radius 3 is 1.76 bits per heavy atom. The Morgan fingerprint density at radius 2 is 1.28 bits per heavy atom. The minimum atomic E-state index is -0.513. The summed E-state index contributed by atoms with van der Waals surface area (Å²) >= 11 is 0. The van der Waals surface area contributed by atoms with Gasteiger partial charge in [0.1, 0.15) is 23.1 Å². The van der Waals surface area contributed by atoms with E-state index in [0.717, 1.165) is 12.1 Å². The first-order valence-corrected chi connectivity index (χ1v) is 7.49. The summed E-state index contributed by atoms with van der Waals surface area (Å²) in [5, 5.41) is 0. The molecule has 0 aliphatic carbocycles. The molecule has 0 saturated heterocycles. The minimum absolute atomic E-state index is 0.227. The number of Topliss-reactive ketones (excluding diaryl/α,β-unsaturated/α-hetero) is 3. The molecular formula is C19H17FO5. The summed E-state index contributed by atoms with van der Waals surface area (Å²) < 4.78 is 23.0. The van der Waals surface area contributed by atoms with Gasteiger partial charge in [-0.2, -0.15) is 0 Å². The molecule has 0 atom stereocenters. The third-order valence-corrected chi connectivity index (χ3v) is 3.56. The first kappa shape index (κ1) is 18.3. The molecule has 130 valence electrons. The highest BCUT2D eigenvalue weighted by Crippen LogP contribution is 2.23. The Balaban J connectivity index is 2.03. The molecule has 0 amide bonds. The fourth-order valence-electron chi connectivity index (χ4n) is 2.23. The third-order valence-electron chi connectivity index (χ3n) is 3.56. The summed E-state index contributed by atoms with van der Waals surface area (Å²) in [7, 11) is 2.91. The summed E-state index contributed by atoms with van der Waals surface area (Å²) in [6.45, 7) is 0. The number of methoxy groups -OCH3 is 2. The molecule has 0 radical (unpaired) electrons.